The van der Waals surface area contributed by atoms with Crippen molar-refractivity contribution in [3.63, 3.8) is 0 Å². The monoisotopic (exact) mass is 462 g/mol. The molecule has 2 saturated heterocycles. The topological polar surface area (TPSA) is 73.8 Å². The zero-order chi connectivity index (χ0) is 21.8. The minimum absolute atomic E-state index is 0.137. The highest BCUT2D eigenvalue weighted by atomic mass is 32.2. The van der Waals surface area contributed by atoms with Gasteiger partial charge < -0.3 is 4.90 Å². The highest BCUT2D eigenvalue weighted by molar-refractivity contribution is 7.89. The van der Waals surface area contributed by atoms with Crippen LogP contribution in [0.4, 0.5) is 0 Å². The fourth-order valence-electron chi connectivity index (χ4n) is 4.16. The van der Waals surface area contributed by atoms with Gasteiger partial charge in [0.05, 0.1) is 17.1 Å². The molecule has 2 fully saturated rings. The molecule has 4 rings (SSSR count). The summed E-state index contributed by atoms with van der Waals surface area (Å²) in [5, 5.41) is 3.06. The summed E-state index contributed by atoms with van der Waals surface area (Å²) >= 11 is 1.62. The molecule has 2 aliphatic heterocycles. The molecule has 2 aromatic rings. The van der Waals surface area contributed by atoms with Crippen LogP contribution in [0.25, 0.3) is 11.3 Å². The van der Waals surface area contributed by atoms with E-state index in [0.717, 1.165) is 74.7 Å². The molecule has 2 aliphatic rings. The van der Waals surface area contributed by atoms with Gasteiger partial charge in [-0.15, -0.1) is 11.3 Å². The first-order valence-corrected chi connectivity index (χ1v) is 13.3. The van der Waals surface area contributed by atoms with E-state index in [0.29, 0.717) is 18.0 Å². The molecular formula is C22H30N4O3S2. The average molecular weight is 463 g/mol. The summed E-state index contributed by atoms with van der Waals surface area (Å²) < 4.78 is 27.5. The SMILES string of the molecule is CC(=O)N1CCN(Cc2nc(-c3ccc(S(=O)(=O)N4CCCCCC4)cc3)cs2)CC1. The molecule has 9 heteroatoms. The molecule has 0 saturated carbocycles. The molecular weight excluding hydrogens is 432 g/mol. The molecule has 1 aromatic heterocycles. The Morgan fingerprint density at radius 2 is 1.61 bits per heavy atom. The van der Waals surface area contributed by atoms with Crippen molar-refractivity contribution in [1.82, 2.24) is 19.1 Å². The van der Waals surface area contributed by atoms with Crippen molar-refractivity contribution in [3.05, 3.63) is 34.7 Å². The summed E-state index contributed by atoms with van der Waals surface area (Å²) in [7, 11) is -3.43. The summed E-state index contributed by atoms with van der Waals surface area (Å²) in [5.74, 6) is 0.137. The van der Waals surface area contributed by atoms with Crippen LogP contribution in [-0.4, -0.2) is 72.7 Å². The highest BCUT2D eigenvalue weighted by Gasteiger charge is 2.25. The van der Waals surface area contributed by atoms with Gasteiger partial charge in [-0.1, -0.05) is 25.0 Å². The Kier molecular flexibility index (Phi) is 7.05. The Hall–Kier alpha value is -1.81. The Labute approximate surface area is 188 Å². The Morgan fingerprint density at radius 1 is 0.968 bits per heavy atom. The normalized spacial score (nSPS) is 19.3. The second-order valence-electron chi connectivity index (χ2n) is 8.25. The predicted molar refractivity (Wildman–Crippen MR) is 122 cm³/mol. The fraction of sp³-hybridized carbons (Fsp3) is 0.545. The van der Waals surface area contributed by atoms with Crippen LogP contribution in [0.15, 0.2) is 34.5 Å². The number of aromatic nitrogens is 1. The van der Waals surface area contributed by atoms with Crippen LogP contribution < -0.4 is 0 Å². The zero-order valence-electron chi connectivity index (χ0n) is 18.0. The van der Waals surface area contributed by atoms with Crippen molar-refractivity contribution >= 4 is 27.3 Å². The van der Waals surface area contributed by atoms with Crippen LogP contribution in [0.5, 0.6) is 0 Å². The third-order valence-electron chi connectivity index (χ3n) is 6.08. The lowest BCUT2D eigenvalue weighted by molar-refractivity contribution is -0.130. The first-order valence-electron chi connectivity index (χ1n) is 11.0. The van der Waals surface area contributed by atoms with Gasteiger partial charge in [-0.25, -0.2) is 13.4 Å². The smallest absolute Gasteiger partial charge is 0.243 e. The first-order chi connectivity index (χ1) is 14.9. The second-order valence-corrected chi connectivity index (χ2v) is 11.1. The van der Waals surface area contributed by atoms with Gasteiger partial charge in [0.2, 0.25) is 15.9 Å². The summed E-state index contributed by atoms with van der Waals surface area (Å²) in [6.45, 7) is 6.86. The van der Waals surface area contributed by atoms with E-state index >= 15 is 0 Å². The van der Waals surface area contributed by atoms with Crippen LogP contribution in [0, 0.1) is 0 Å². The molecule has 31 heavy (non-hydrogen) atoms. The number of piperazine rings is 1. The number of hydrogen-bond acceptors (Lipinski definition) is 6. The molecule has 1 amide bonds. The maximum Gasteiger partial charge on any atom is 0.243 e. The third kappa shape index (κ3) is 5.34. The van der Waals surface area contributed by atoms with Crippen LogP contribution in [-0.2, 0) is 21.4 Å². The third-order valence-corrected chi connectivity index (χ3v) is 8.83. The predicted octanol–water partition coefficient (Wildman–Crippen LogP) is 3.04. The lowest BCUT2D eigenvalue weighted by Gasteiger charge is -2.33. The van der Waals surface area contributed by atoms with Gasteiger partial charge in [0.15, 0.2) is 0 Å². The van der Waals surface area contributed by atoms with Gasteiger partial charge in [-0.2, -0.15) is 4.31 Å². The van der Waals surface area contributed by atoms with Gasteiger partial charge in [0.25, 0.3) is 0 Å². The number of amides is 1. The molecule has 0 N–H and O–H groups in total. The van der Waals surface area contributed by atoms with E-state index in [2.05, 4.69) is 4.90 Å². The maximum atomic E-state index is 13.0. The van der Waals surface area contributed by atoms with E-state index < -0.39 is 10.0 Å². The van der Waals surface area contributed by atoms with Crippen molar-refractivity contribution in [1.29, 1.82) is 0 Å². The molecule has 0 spiro atoms. The number of hydrogen-bond donors (Lipinski definition) is 0. The molecule has 168 valence electrons. The standard InChI is InChI=1S/C22H30N4O3S2/c1-18(27)25-14-12-24(13-15-25)16-22-23-21(17-30-22)19-6-8-20(9-7-19)31(28,29)26-10-4-2-3-5-11-26/h6-9,17H,2-5,10-16H2,1H3. The van der Waals surface area contributed by atoms with Crippen molar-refractivity contribution in [2.24, 2.45) is 0 Å². The molecule has 0 radical (unpaired) electrons. The number of rotatable bonds is 5. The van der Waals surface area contributed by atoms with E-state index in [1.807, 2.05) is 22.4 Å². The Morgan fingerprint density at radius 3 is 2.23 bits per heavy atom. The maximum absolute atomic E-state index is 13.0. The lowest BCUT2D eigenvalue weighted by Crippen LogP contribution is -2.47. The first kappa shape index (κ1) is 22.4. The van der Waals surface area contributed by atoms with E-state index in [1.54, 1.807) is 34.7 Å². The second kappa shape index (κ2) is 9.77. The number of benzene rings is 1. The van der Waals surface area contributed by atoms with Crippen LogP contribution in [0.1, 0.15) is 37.6 Å². The van der Waals surface area contributed by atoms with Crippen LogP contribution in [0.2, 0.25) is 0 Å². The van der Waals surface area contributed by atoms with Gasteiger partial charge >= 0.3 is 0 Å². The molecule has 0 atom stereocenters. The van der Waals surface area contributed by atoms with E-state index in [-0.39, 0.29) is 5.91 Å². The quantitative estimate of drug-likeness (QED) is 0.683. The minimum atomic E-state index is -3.43. The number of carbonyl (C=O) groups is 1. The molecule has 0 bridgehead atoms. The number of thiazole rings is 1. The van der Waals surface area contributed by atoms with Gasteiger partial charge in [-0.3, -0.25) is 9.69 Å². The molecule has 0 aliphatic carbocycles. The summed E-state index contributed by atoms with van der Waals surface area (Å²) in [4.78, 5) is 20.8. The largest absolute Gasteiger partial charge is 0.340 e. The molecule has 3 heterocycles. The summed E-state index contributed by atoms with van der Waals surface area (Å²) in [5.41, 5.74) is 1.81. The van der Waals surface area contributed by atoms with Gasteiger partial charge in [-0.05, 0) is 25.0 Å². The summed E-state index contributed by atoms with van der Waals surface area (Å²) in [6.07, 6.45) is 4.07. The summed E-state index contributed by atoms with van der Waals surface area (Å²) in [6, 6.07) is 7.12. The zero-order valence-corrected chi connectivity index (χ0v) is 19.6. The van der Waals surface area contributed by atoms with Crippen molar-refractivity contribution < 1.29 is 13.2 Å². The molecule has 0 unspecified atom stereocenters. The number of nitrogens with zero attached hydrogens (tertiary/aromatic N) is 4. The van der Waals surface area contributed by atoms with E-state index in [4.69, 9.17) is 4.98 Å². The van der Waals surface area contributed by atoms with Crippen molar-refractivity contribution in [2.75, 3.05) is 39.3 Å². The van der Waals surface area contributed by atoms with Crippen molar-refractivity contribution in [3.8, 4) is 11.3 Å². The van der Waals surface area contributed by atoms with Gasteiger partial charge in [0, 0.05) is 57.1 Å². The Balaban J connectivity index is 1.40. The molecule has 7 nitrogen and oxygen atoms in total. The van der Waals surface area contributed by atoms with Crippen LogP contribution >= 0.6 is 11.3 Å². The number of sulfonamides is 1. The Bertz CT molecular complexity index is 988. The highest BCUT2D eigenvalue weighted by Crippen LogP contribution is 2.26. The van der Waals surface area contributed by atoms with E-state index in [1.165, 1.54) is 0 Å². The van der Waals surface area contributed by atoms with Gasteiger partial charge in [0.1, 0.15) is 5.01 Å². The minimum Gasteiger partial charge on any atom is -0.340 e. The number of carbonyl (C=O) groups excluding carboxylic acids is 1. The van der Waals surface area contributed by atoms with E-state index in [9.17, 15) is 13.2 Å². The van der Waals surface area contributed by atoms with Crippen LogP contribution in [0.3, 0.4) is 0 Å². The van der Waals surface area contributed by atoms with Crippen molar-refractivity contribution in [2.45, 2.75) is 44.0 Å². The average Bonchev–Trinajstić information content (AvgIpc) is 3.05. The molecule has 1 aromatic carbocycles. The fourth-order valence-corrected chi connectivity index (χ4v) is 6.52. The lowest BCUT2D eigenvalue weighted by atomic mass is 10.2.